The van der Waals surface area contributed by atoms with E-state index in [2.05, 4.69) is 26.0 Å². The Hall–Kier alpha value is -0.520. The van der Waals surface area contributed by atoms with Crippen molar-refractivity contribution in [3.63, 3.8) is 0 Å². The van der Waals surface area contributed by atoms with Gasteiger partial charge in [0, 0.05) is 0 Å². The van der Waals surface area contributed by atoms with Crippen LogP contribution >= 0.6 is 0 Å². The van der Waals surface area contributed by atoms with E-state index in [1.54, 1.807) is 5.57 Å². The molecule has 2 rings (SSSR count). The Morgan fingerprint density at radius 3 is 2.73 bits per heavy atom. The van der Waals surface area contributed by atoms with E-state index >= 15 is 0 Å². The molecule has 0 aromatic rings. The molecular formula is C11H16. The highest BCUT2D eigenvalue weighted by molar-refractivity contribution is 5.31. The number of hydrogen-bond acceptors (Lipinski definition) is 0. The fourth-order valence-corrected chi connectivity index (χ4v) is 2.38. The second-order valence-corrected chi connectivity index (χ2v) is 4.16. The van der Waals surface area contributed by atoms with E-state index < -0.39 is 0 Å². The molecule has 0 saturated heterocycles. The van der Waals surface area contributed by atoms with Gasteiger partial charge in [-0.3, -0.25) is 0 Å². The molecule has 1 saturated carbocycles. The first-order valence-corrected chi connectivity index (χ1v) is 4.62. The van der Waals surface area contributed by atoms with Gasteiger partial charge < -0.3 is 0 Å². The van der Waals surface area contributed by atoms with Crippen molar-refractivity contribution in [1.82, 2.24) is 0 Å². The maximum Gasteiger partial charge on any atom is -0.0159 e. The van der Waals surface area contributed by atoms with Crippen LogP contribution in [0, 0.1) is 11.8 Å². The van der Waals surface area contributed by atoms with Crippen LogP contribution < -0.4 is 0 Å². The first kappa shape index (κ1) is 7.15. The third-order valence-corrected chi connectivity index (χ3v) is 2.83. The first-order valence-electron chi connectivity index (χ1n) is 4.62. The van der Waals surface area contributed by atoms with Crippen molar-refractivity contribution in [2.75, 3.05) is 0 Å². The molecule has 2 aliphatic rings. The minimum absolute atomic E-state index is 0.926. The average Bonchev–Trinajstić information content (AvgIpc) is 2.45. The lowest BCUT2D eigenvalue weighted by atomic mass is 9.97. The summed E-state index contributed by atoms with van der Waals surface area (Å²) in [5.41, 5.74) is 3.07. The number of hydrogen-bond donors (Lipinski definition) is 0. The lowest BCUT2D eigenvalue weighted by Crippen LogP contribution is -1.94. The zero-order chi connectivity index (χ0) is 7.84. The monoisotopic (exact) mass is 148 g/mol. The summed E-state index contributed by atoms with van der Waals surface area (Å²) in [4.78, 5) is 0. The SMILES string of the molecule is CC(C)=CC1=CC2CCC1C2. The lowest BCUT2D eigenvalue weighted by molar-refractivity contribution is 0.670. The van der Waals surface area contributed by atoms with Crippen LogP contribution in [0.2, 0.25) is 0 Å². The third-order valence-electron chi connectivity index (χ3n) is 2.83. The summed E-state index contributed by atoms with van der Waals surface area (Å²) in [6.07, 6.45) is 9.19. The van der Waals surface area contributed by atoms with Crippen LogP contribution in [0.4, 0.5) is 0 Å². The molecule has 0 radical (unpaired) electrons. The molecule has 1 fully saturated rings. The van der Waals surface area contributed by atoms with Gasteiger partial charge >= 0.3 is 0 Å². The van der Waals surface area contributed by atoms with Gasteiger partial charge in [-0.15, -0.1) is 0 Å². The van der Waals surface area contributed by atoms with Crippen molar-refractivity contribution < 1.29 is 0 Å². The van der Waals surface area contributed by atoms with Crippen LogP contribution in [0.1, 0.15) is 33.1 Å². The minimum Gasteiger partial charge on any atom is -0.0779 e. The van der Waals surface area contributed by atoms with Crippen LogP contribution in [0.15, 0.2) is 23.3 Å². The molecule has 60 valence electrons. The van der Waals surface area contributed by atoms with Crippen LogP contribution in [0.3, 0.4) is 0 Å². The standard InChI is InChI=1S/C11H16/c1-8(2)5-11-7-9-3-4-10(11)6-9/h5,7,9-10H,3-4,6H2,1-2H3. The summed E-state index contributed by atoms with van der Waals surface area (Å²) in [5, 5.41) is 0. The zero-order valence-corrected chi connectivity index (χ0v) is 7.43. The van der Waals surface area contributed by atoms with Crippen LogP contribution in [0.25, 0.3) is 0 Å². The molecule has 0 amide bonds. The Morgan fingerprint density at radius 2 is 2.27 bits per heavy atom. The maximum absolute atomic E-state index is 2.49. The van der Waals surface area contributed by atoms with Crippen molar-refractivity contribution in [1.29, 1.82) is 0 Å². The average molecular weight is 148 g/mol. The highest BCUT2D eigenvalue weighted by atomic mass is 14.4. The van der Waals surface area contributed by atoms with Gasteiger partial charge in [-0.05, 0) is 50.5 Å². The van der Waals surface area contributed by atoms with Crippen LogP contribution in [0.5, 0.6) is 0 Å². The predicted octanol–water partition coefficient (Wildman–Crippen LogP) is 3.31. The molecule has 0 aliphatic heterocycles. The van der Waals surface area contributed by atoms with Gasteiger partial charge in [-0.25, -0.2) is 0 Å². The lowest BCUT2D eigenvalue weighted by Gasteiger charge is -2.08. The van der Waals surface area contributed by atoms with Gasteiger partial charge in [-0.2, -0.15) is 0 Å². The van der Waals surface area contributed by atoms with Gasteiger partial charge in [0.15, 0.2) is 0 Å². The zero-order valence-electron chi connectivity index (χ0n) is 7.43. The van der Waals surface area contributed by atoms with E-state index in [9.17, 15) is 0 Å². The van der Waals surface area contributed by atoms with Crippen molar-refractivity contribution >= 4 is 0 Å². The third kappa shape index (κ3) is 1.26. The van der Waals surface area contributed by atoms with E-state index in [0.29, 0.717) is 0 Å². The molecule has 0 aromatic heterocycles. The minimum atomic E-state index is 0.926. The summed E-state index contributed by atoms with van der Waals surface area (Å²) in [6, 6.07) is 0. The van der Waals surface area contributed by atoms with E-state index in [-0.39, 0.29) is 0 Å². The fourth-order valence-electron chi connectivity index (χ4n) is 2.38. The molecule has 2 aliphatic carbocycles. The van der Waals surface area contributed by atoms with Crippen molar-refractivity contribution in [2.24, 2.45) is 11.8 Å². The van der Waals surface area contributed by atoms with E-state index in [0.717, 1.165) is 11.8 Å². The molecule has 0 N–H and O–H groups in total. The molecule has 11 heavy (non-hydrogen) atoms. The molecular weight excluding hydrogens is 132 g/mol. The highest BCUT2D eigenvalue weighted by Crippen LogP contribution is 2.44. The smallest absolute Gasteiger partial charge is 0.0159 e. The second kappa shape index (κ2) is 2.51. The predicted molar refractivity (Wildman–Crippen MR) is 48.3 cm³/mol. The molecule has 0 nitrogen and oxygen atoms in total. The quantitative estimate of drug-likeness (QED) is 0.535. The molecule has 0 heteroatoms. The second-order valence-electron chi connectivity index (χ2n) is 4.16. The fraction of sp³-hybridized carbons (Fsp3) is 0.636. The molecule has 0 spiro atoms. The number of rotatable bonds is 1. The number of fused-ring (bicyclic) bond motifs is 2. The largest absolute Gasteiger partial charge is 0.0779 e. The molecule has 2 atom stereocenters. The summed E-state index contributed by atoms with van der Waals surface area (Å²) in [6.45, 7) is 4.37. The van der Waals surface area contributed by atoms with Crippen LogP contribution in [-0.2, 0) is 0 Å². The van der Waals surface area contributed by atoms with Gasteiger partial charge in [-0.1, -0.05) is 17.7 Å². The van der Waals surface area contributed by atoms with Gasteiger partial charge in [0.25, 0.3) is 0 Å². The van der Waals surface area contributed by atoms with Gasteiger partial charge in [0.2, 0.25) is 0 Å². The Kier molecular flexibility index (Phi) is 1.63. The topological polar surface area (TPSA) is 0 Å². The van der Waals surface area contributed by atoms with Crippen LogP contribution in [-0.4, -0.2) is 0 Å². The van der Waals surface area contributed by atoms with Crippen molar-refractivity contribution in [3.05, 3.63) is 23.3 Å². The van der Waals surface area contributed by atoms with Crippen molar-refractivity contribution in [3.8, 4) is 0 Å². The maximum atomic E-state index is 2.49. The van der Waals surface area contributed by atoms with E-state index in [1.165, 1.54) is 24.8 Å². The van der Waals surface area contributed by atoms with Gasteiger partial charge in [0.1, 0.15) is 0 Å². The summed E-state index contributed by atoms with van der Waals surface area (Å²) in [5.74, 6) is 1.86. The molecule has 2 unspecified atom stereocenters. The summed E-state index contributed by atoms with van der Waals surface area (Å²) < 4.78 is 0. The first-order chi connectivity index (χ1) is 5.25. The molecule has 2 bridgehead atoms. The summed E-state index contributed by atoms with van der Waals surface area (Å²) >= 11 is 0. The normalized spacial score (nSPS) is 33.8. The molecule has 0 aromatic carbocycles. The van der Waals surface area contributed by atoms with Crippen molar-refractivity contribution in [2.45, 2.75) is 33.1 Å². The summed E-state index contributed by atoms with van der Waals surface area (Å²) in [7, 11) is 0. The Morgan fingerprint density at radius 1 is 1.45 bits per heavy atom. The van der Waals surface area contributed by atoms with Gasteiger partial charge in [0.05, 0.1) is 0 Å². The van der Waals surface area contributed by atoms with E-state index in [1.807, 2.05) is 0 Å². The Bertz CT molecular complexity index is 216. The highest BCUT2D eigenvalue weighted by Gasteiger charge is 2.31. The molecule has 0 heterocycles. The Balaban J connectivity index is 2.17. The number of allylic oxidation sites excluding steroid dienone is 4. The Labute approximate surface area is 69.0 Å². The van der Waals surface area contributed by atoms with E-state index in [4.69, 9.17) is 0 Å².